The first-order valence-corrected chi connectivity index (χ1v) is 8.38. The number of rotatable bonds is 4. The largest absolute Gasteiger partial charge is 0.471 e. The molecule has 0 saturated carbocycles. The van der Waals surface area contributed by atoms with E-state index in [1.54, 1.807) is 0 Å². The van der Waals surface area contributed by atoms with Crippen LogP contribution in [0.2, 0.25) is 0 Å². The highest BCUT2D eigenvalue weighted by molar-refractivity contribution is 7.90. The maximum atomic E-state index is 12.2. The molecule has 1 aliphatic heterocycles. The minimum absolute atomic E-state index is 0.0284. The number of halogens is 3. The molecule has 21 heavy (non-hydrogen) atoms. The van der Waals surface area contributed by atoms with Crippen LogP contribution < -0.4 is 5.32 Å². The average Bonchev–Trinajstić information content (AvgIpc) is 2.35. The van der Waals surface area contributed by atoms with Gasteiger partial charge in [-0.25, -0.2) is 8.42 Å². The number of nitrogens with one attached hydrogen (secondary N) is 1. The summed E-state index contributed by atoms with van der Waals surface area (Å²) in [5.74, 6) is -2.97. The molecule has 6 nitrogen and oxygen atoms in total. The molecule has 0 spiro atoms. The zero-order valence-electron chi connectivity index (χ0n) is 11.4. The van der Waals surface area contributed by atoms with Crippen molar-refractivity contribution in [1.82, 2.24) is 10.2 Å². The zero-order valence-corrected chi connectivity index (χ0v) is 12.3. The van der Waals surface area contributed by atoms with Gasteiger partial charge in [-0.15, -0.1) is 0 Å². The van der Waals surface area contributed by atoms with E-state index in [9.17, 15) is 31.2 Å². The number of amides is 2. The van der Waals surface area contributed by atoms with Crippen molar-refractivity contribution in [1.29, 1.82) is 0 Å². The van der Waals surface area contributed by atoms with Crippen LogP contribution in [-0.2, 0) is 19.4 Å². The minimum atomic E-state index is -4.90. The second-order valence-corrected chi connectivity index (χ2v) is 7.24. The summed E-state index contributed by atoms with van der Waals surface area (Å²) >= 11 is 0. The highest BCUT2D eigenvalue weighted by atomic mass is 32.2. The molecule has 1 fully saturated rings. The van der Waals surface area contributed by atoms with Gasteiger partial charge in [0, 0.05) is 31.8 Å². The fraction of sp³-hybridized carbons (Fsp3) is 0.818. The van der Waals surface area contributed by atoms with Gasteiger partial charge in [0.2, 0.25) is 5.91 Å². The van der Waals surface area contributed by atoms with Gasteiger partial charge in [-0.2, -0.15) is 13.2 Å². The molecule has 1 N–H and O–H groups in total. The van der Waals surface area contributed by atoms with Gasteiger partial charge in [0.1, 0.15) is 9.84 Å². The minimum Gasteiger partial charge on any atom is -0.355 e. The molecule has 1 aliphatic rings. The van der Waals surface area contributed by atoms with Crippen molar-refractivity contribution in [3.05, 3.63) is 0 Å². The summed E-state index contributed by atoms with van der Waals surface area (Å²) in [5, 5.41) is 2.44. The Bertz CT molecular complexity index is 496. The van der Waals surface area contributed by atoms with E-state index in [1.807, 2.05) is 0 Å². The SMILES string of the molecule is CS(=O)(=O)CCNC(=O)C1CCN(C(=O)C(F)(F)F)CC1. The van der Waals surface area contributed by atoms with Crippen LogP contribution in [0.25, 0.3) is 0 Å². The van der Waals surface area contributed by atoms with Gasteiger partial charge in [0.05, 0.1) is 5.75 Å². The number of hydrogen-bond acceptors (Lipinski definition) is 4. The third kappa shape index (κ3) is 5.90. The predicted octanol–water partition coefficient (Wildman–Crippen LogP) is -0.0519. The maximum absolute atomic E-state index is 12.2. The molecule has 0 unspecified atom stereocenters. The van der Waals surface area contributed by atoms with Crippen LogP contribution >= 0.6 is 0 Å². The highest BCUT2D eigenvalue weighted by Gasteiger charge is 2.43. The fourth-order valence-corrected chi connectivity index (χ4v) is 2.50. The standard InChI is InChI=1S/C11H17F3N2O4S/c1-21(19,20)7-4-15-9(17)8-2-5-16(6-3-8)10(18)11(12,13)14/h8H,2-7H2,1H3,(H,15,17). The number of sulfone groups is 1. The van der Waals surface area contributed by atoms with Crippen molar-refractivity contribution in [2.75, 3.05) is 31.6 Å². The Hall–Kier alpha value is -1.32. The molecule has 0 aromatic rings. The first-order chi connectivity index (χ1) is 9.50. The van der Waals surface area contributed by atoms with E-state index < -0.39 is 33.7 Å². The summed E-state index contributed by atoms with van der Waals surface area (Å²) in [4.78, 5) is 23.4. The van der Waals surface area contributed by atoms with Crippen molar-refractivity contribution in [2.45, 2.75) is 19.0 Å². The summed E-state index contributed by atoms with van der Waals surface area (Å²) in [7, 11) is -3.18. The molecular weight excluding hydrogens is 313 g/mol. The van der Waals surface area contributed by atoms with Crippen LogP contribution in [0, 0.1) is 5.92 Å². The predicted molar refractivity (Wildman–Crippen MR) is 68.1 cm³/mol. The lowest BCUT2D eigenvalue weighted by Crippen LogP contribution is -2.47. The lowest BCUT2D eigenvalue weighted by Gasteiger charge is -2.31. The van der Waals surface area contributed by atoms with Crippen LogP contribution in [0.3, 0.4) is 0 Å². The van der Waals surface area contributed by atoms with Crippen LogP contribution in [0.15, 0.2) is 0 Å². The number of likely N-dealkylation sites (tertiary alicyclic amines) is 1. The fourth-order valence-electron chi connectivity index (χ4n) is 2.03. The van der Waals surface area contributed by atoms with Crippen LogP contribution in [0.5, 0.6) is 0 Å². The number of piperidine rings is 1. The summed E-state index contributed by atoms with van der Waals surface area (Å²) in [6.07, 6.45) is -3.59. The number of nitrogens with zero attached hydrogens (tertiary/aromatic N) is 1. The number of carbonyl (C=O) groups is 2. The second-order valence-electron chi connectivity index (χ2n) is 4.99. The quantitative estimate of drug-likeness (QED) is 0.783. The van der Waals surface area contributed by atoms with Gasteiger partial charge >= 0.3 is 12.1 Å². The molecule has 1 rings (SSSR count). The molecule has 0 aliphatic carbocycles. The van der Waals surface area contributed by atoms with Crippen molar-refractivity contribution in [3.8, 4) is 0 Å². The van der Waals surface area contributed by atoms with Gasteiger partial charge in [-0.05, 0) is 12.8 Å². The summed E-state index contributed by atoms with van der Waals surface area (Å²) in [6, 6.07) is 0. The third-order valence-electron chi connectivity index (χ3n) is 3.17. The summed E-state index contributed by atoms with van der Waals surface area (Å²) < 4.78 is 58.5. The van der Waals surface area contributed by atoms with E-state index >= 15 is 0 Å². The Morgan fingerprint density at radius 1 is 1.24 bits per heavy atom. The van der Waals surface area contributed by atoms with E-state index in [4.69, 9.17) is 0 Å². The monoisotopic (exact) mass is 330 g/mol. The van der Waals surface area contributed by atoms with Crippen molar-refractivity contribution >= 4 is 21.7 Å². The third-order valence-corrected chi connectivity index (χ3v) is 4.11. The molecule has 0 aromatic heterocycles. The molecule has 0 aromatic carbocycles. The molecule has 0 atom stereocenters. The highest BCUT2D eigenvalue weighted by Crippen LogP contribution is 2.23. The van der Waals surface area contributed by atoms with Gasteiger partial charge in [0.15, 0.2) is 0 Å². The van der Waals surface area contributed by atoms with E-state index in [1.165, 1.54) is 0 Å². The lowest BCUT2D eigenvalue weighted by molar-refractivity contribution is -0.186. The van der Waals surface area contributed by atoms with Gasteiger partial charge < -0.3 is 10.2 Å². The first-order valence-electron chi connectivity index (χ1n) is 6.32. The van der Waals surface area contributed by atoms with Gasteiger partial charge in [-0.1, -0.05) is 0 Å². The normalized spacial score (nSPS) is 17.6. The van der Waals surface area contributed by atoms with E-state index in [0.29, 0.717) is 4.90 Å². The van der Waals surface area contributed by atoms with Crippen LogP contribution in [-0.4, -0.2) is 63.0 Å². The molecule has 1 heterocycles. The average molecular weight is 330 g/mol. The van der Waals surface area contributed by atoms with Gasteiger partial charge in [0.25, 0.3) is 0 Å². The maximum Gasteiger partial charge on any atom is 0.471 e. The van der Waals surface area contributed by atoms with Crippen LogP contribution in [0.1, 0.15) is 12.8 Å². The number of hydrogen-bond donors (Lipinski definition) is 1. The number of alkyl halides is 3. The summed E-state index contributed by atoms with van der Waals surface area (Å²) in [6.45, 7) is -0.301. The molecular formula is C11H17F3N2O4S. The van der Waals surface area contributed by atoms with E-state index in [2.05, 4.69) is 5.32 Å². The Balaban J connectivity index is 2.39. The van der Waals surface area contributed by atoms with Gasteiger partial charge in [-0.3, -0.25) is 9.59 Å². The van der Waals surface area contributed by atoms with E-state index in [0.717, 1.165) is 6.26 Å². The van der Waals surface area contributed by atoms with Crippen molar-refractivity contribution in [2.24, 2.45) is 5.92 Å². The Kier molecular flexibility index (Phi) is 5.60. The number of carbonyl (C=O) groups excluding carboxylic acids is 2. The smallest absolute Gasteiger partial charge is 0.355 e. The second kappa shape index (κ2) is 6.63. The molecule has 122 valence electrons. The van der Waals surface area contributed by atoms with Crippen LogP contribution in [0.4, 0.5) is 13.2 Å². The Morgan fingerprint density at radius 3 is 2.19 bits per heavy atom. The summed E-state index contributed by atoms with van der Waals surface area (Å²) in [5.41, 5.74) is 0. The van der Waals surface area contributed by atoms with Crippen molar-refractivity contribution in [3.63, 3.8) is 0 Å². The lowest BCUT2D eigenvalue weighted by atomic mass is 9.96. The first kappa shape index (κ1) is 17.7. The molecule has 1 saturated heterocycles. The zero-order chi connectivity index (χ0) is 16.3. The molecule has 0 radical (unpaired) electrons. The molecule has 2 amide bonds. The Labute approximate surface area is 120 Å². The molecule has 0 bridgehead atoms. The van der Waals surface area contributed by atoms with E-state index in [-0.39, 0.29) is 38.2 Å². The topological polar surface area (TPSA) is 83.6 Å². The molecule has 10 heteroatoms. The van der Waals surface area contributed by atoms with Crippen molar-refractivity contribution < 1.29 is 31.2 Å². The Morgan fingerprint density at radius 2 is 1.76 bits per heavy atom.